The van der Waals surface area contributed by atoms with E-state index in [1.54, 1.807) is 30.5 Å². The molecule has 0 unspecified atom stereocenters. The molecule has 0 aliphatic heterocycles. The molecule has 6 heteroatoms. The number of hydrogen-bond acceptors (Lipinski definition) is 6. The van der Waals surface area contributed by atoms with Crippen molar-refractivity contribution in [3.05, 3.63) is 52.9 Å². The molecular weight excluding hydrogens is 274 g/mol. The maximum atomic E-state index is 12.6. The number of aromatic nitrogens is 2. The van der Waals surface area contributed by atoms with Gasteiger partial charge >= 0.3 is 0 Å². The van der Waals surface area contributed by atoms with Gasteiger partial charge in [0.25, 0.3) is 0 Å². The number of rotatable bonds is 3. The van der Waals surface area contributed by atoms with Gasteiger partial charge in [-0.1, -0.05) is 11.3 Å². The molecular formula is C14H11N3O2S. The van der Waals surface area contributed by atoms with Crippen molar-refractivity contribution in [3.63, 3.8) is 0 Å². The molecule has 0 spiro atoms. The van der Waals surface area contributed by atoms with Crippen molar-refractivity contribution in [3.8, 4) is 11.5 Å². The summed E-state index contributed by atoms with van der Waals surface area (Å²) in [4.78, 5) is 21.3. The number of carbonyl (C=O) groups is 1. The van der Waals surface area contributed by atoms with Crippen LogP contribution < -0.4 is 5.73 Å². The first-order valence-corrected chi connectivity index (χ1v) is 6.74. The molecule has 5 nitrogen and oxygen atoms in total. The van der Waals surface area contributed by atoms with Crippen LogP contribution in [-0.2, 0) is 0 Å². The normalized spacial score (nSPS) is 10.7. The second-order valence-electron chi connectivity index (χ2n) is 4.22. The minimum atomic E-state index is -0.129. The van der Waals surface area contributed by atoms with Crippen molar-refractivity contribution < 1.29 is 9.21 Å². The smallest absolute Gasteiger partial charge is 0.205 e. The third-order valence-electron chi connectivity index (χ3n) is 2.76. The van der Waals surface area contributed by atoms with Crippen LogP contribution in [0.2, 0.25) is 0 Å². The first kappa shape index (κ1) is 12.6. The average Bonchev–Trinajstić information content (AvgIpc) is 3.06. The number of nitrogens with zero attached hydrogens (tertiary/aromatic N) is 2. The fraction of sp³-hybridized carbons (Fsp3) is 0.0714. The Morgan fingerprint density at radius 2 is 2.25 bits per heavy atom. The molecule has 0 bridgehead atoms. The molecule has 0 amide bonds. The molecule has 0 atom stereocenters. The van der Waals surface area contributed by atoms with E-state index in [2.05, 4.69) is 9.97 Å². The van der Waals surface area contributed by atoms with Gasteiger partial charge in [-0.2, -0.15) is 0 Å². The molecule has 3 aromatic heterocycles. The summed E-state index contributed by atoms with van der Waals surface area (Å²) in [6.07, 6.45) is 3.15. The molecule has 2 N–H and O–H groups in total. The zero-order chi connectivity index (χ0) is 14.1. The van der Waals surface area contributed by atoms with Crippen molar-refractivity contribution in [1.29, 1.82) is 0 Å². The summed E-state index contributed by atoms with van der Waals surface area (Å²) < 4.78 is 5.31. The summed E-state index contributed by atoms with van der Waals surface area (Å²) in [5, 5.41) is 0.338. The van der Waals surface area contributed by atoms with Gasteiger partial charge in [-0.3, -0.25) is 9.78 Å². The number of ketones is 1. The third kappa shape index (κ3) is 2.21. The summed E-state index contributed by atoms with van der Waals surface area (Å²) in [6.45, 7) is 1.84. The Labute approximate surface area is 119 Å². The molecule has 3 heterocycles. The van der Waals surface area contributed by atoms with Crippen molar-refractivity contribution >= 4 is 22.3 Å². The van der Waals surface area contributed by atoms with Crippen LogP contribution in [0.15, 0.2) is 41.1 Å². The van der Waals surface area contributed by atoms with Gasteiger partial charge in [-0.25, -0.2) is 4.98 Å². The largest absolute Gasteiger partial charge is 0.463 e. The summed E-state index contributed by atoms with van der Waals surface area (Å²) in [6, 6.07) is 6.92. The maximum Gasteiger partial charge on any atom is 0.205 e. The fourth-order valence-electron chi connectivity index (χ4n) is 1.89. The zero-order valence-corrected chi connectivity index (χ0v) is 11.5. The predicted octanol–water partition coefficient (Wildman–Crippen LogP) is 2.92. The van der Waals surface area contributed by atoms with Gasteiger partial charge in [0.1, 0.15) is 10.6 Å². The average molecular weight is 285 g/mol. The molecule has 20 heavy (non-hydrogen) atoms. The second-order valence-corrected chi connectivity index (χ2v) is 5.25. The van der Waals surface area contributed by atoms with E-state index in [4.69, 9.17) is 10.2 Å². The minimum Gasteiger partial charge on any atom is -0.463 e. The number of thiazole rings is 1. The molecule has 0 saturated carbocycles. The number of aryl methyl sites for hydroxylation is 1. The highest BCUT2D eigenvalue weighted by molar-refractivity contribution is 7.18. The minimum absolute atomic E-state index is 0.129. The lowest BCUT2D eigenvalue weighted by Gasteiger charge is -2.01. The number of anilines is 1. The molecule has 0 aromatic carbocycles. The molecule has 0 aliphatic carbocycles. The van der Waals surface area contributed by atoms with Crippen molar-refractivity contribution in [2.45, 2.75) is 6.92 Å². The Kier molecular flexibility index (Phi) is 3.08. The third-order valence-corrected chi connectivity index (χ3v) is 3.65. The zero-order valence-electron chi connectivity index (χ0n) is 10.7. The number of carbonyl (C=O) groups excluding carboxylic acids is 1. The van der Waals surface area contributed by atoms with Gasteiger partial charge in [-0.05, 0) is 31.2 Å². The lowest BCUT2D eigenvalue weighted by Crippen LogP contribution is -2.01. The fourth-order valence-corrected chi connectivity index (χ4v) is 2.69. The summed E-state index contributed by atoms with van der Waals surface area (Å²) in [5.41, 5.74) is 7.56. The quantitative estimate of drug-likeness (QED) is 0.748. The second kappa shape index (κ2) is 4.90. The first-order chi connectivity index (χ1) is 9.65. The van der Waals surface area contributed by atoms with Gasteiger partial charge in [-0.15, -0.1) is 0 Å². The number of nitrogen functional groups attached to an aromatic ring is 1. The van der Waals surface area contributed by atoms with Crippen LogP contribution in [0.1, 0.15) is 20.9 Å². The Balaban J connectivity index is 2.09. The van der Waals surface area contributed by atoms with E-state index in [0.717, 1.165) is 17.0 Å². The van der Waals surface area contributed by atoms with Gasteiger partial charge in [0.15, 0.2) is 10.9 Å². The van der Waals surface area contributed by atoms with Crippen LogP contribution in [0.3, 0.4) is 0 Å². The van der Waals surface area contributed by atoms with E-state index in [-0.39, 0.29) is 5.78 Å². The monoisotopic (exact) mass is 285 g/mol. The van der Waals surface area contributed by atoms with E-state index in [1.165, 1.54) is 6.26 Å². The van der Waals surface area contributed by atoms with E-state index in [1.807, 2.05) is 6.92 Å². The highest BCUT2D eigenvalue weighted by Crippen LogP contribution is 2.31. The molecule has 0 aliphatic rings. The lowest BCUT2D eigenvalue weighted by atomic mass is 10.1. The topological polar surface area (TPSA) is 82.0 Å². The van der Waals surface area contributed by atoms with E-state index in [9.17, 15) is 4.79 Å². The van der Waals surface area contributed by atoms with Crippen LogP contribution in [0.25, 0.3) is 11.5 Å². The summed E-state index contributed by atoms with van der Waals surface area (Å²) in [5.74, 6) is 0.406. The highest BCUT2D eigenvalue weighted by Gasteiger charge is 2.21. The van der Waals surface area contributed by atoms with E-state index < -0.39 is 0 Å². The Bertz CT molecular complexity index is 763. The number of furan rings is 1. The van der Waals surface area contributed by atoms with Crippen LogP contribution in [-0.4, -0.2) is 15.8 Å². The van der Waals surface area contributed by atoms with Gasteiger partial charge in [0, 0.05) is 17.5 Å². The van der Waals surface area contributed by atoms with Crippen molar-refractivity contribution in [1.82, 2.24) is 9.97 Å². The van der Waals surface area contributed by atoms with Crippen LogP contribution in [0, 0.1) is 6.92 Å². The predicted molar refractivity (Wildman–Crippen MR) is 76.6 cm³/mol. The molecule has 0 fully saturated rings. The Morgan fingerprint density at radius 1 is 1.40 bits per heavy atom. The molecule has 3 aromatic rings. The van der Waals surface area contributed by atoms with Crippen molar-refractivity contribution in [2.24, 2.45) is 0 Å². The molecule has 0 radical (unpaired) electrons. The Morgan fingerprint density at radius 3 is 2.95 bits per heavy atom. The Hall–Kier alpha value is -2.47. The van der Waals surface area contributed by atoms with Gasteiger partial charge in [0.2, 0.25) is 5.78 Å². The van der Waals surface area contributed by atoms with Gasteiger partial charge in [0.05, 0.1) is 6.26 Å². The van der Waals surface area contributed by atoms with Crippen LogP contribution in [0.5, 0.6) is 0 Å². The maximum absolute atomic E-state index is 12.6. The first-order valence-electron chi connectivity index (χ1n) is 5.92. The van der Waals surface area contributed by atoms with E-state index in [0.29, 0.717) is 27.0 Å². The van der Waals surface area contributed by atoms with E-state index >= 15 is 0 Å². The lowest BCUT2D eigenvalue weighted by molar-refractivity contribution is 0.104. The molecule has 100 valence electrons. The highest BCUT2D eigenvalue weighted by atomic mass is 32.1. The number of pyridine rings is 1. The summed E-state index contributed by atoms with van der Waals surface area (Å²) >= 11 is 1.16. The van der Waals surface area contributed by atoms with Gasteiger partial charge < -0.3 is 10.2 Å². The van der Waals surface area contributed by atoms with Crippen molar-refractivity contribution in [2.75, 3.05) is 5.73 Å². The standard InChI is InChI=1S/C14H11N3O2S/c1-8-7-9(4-5-16-8)12(18)13-11(17-14(15)20-13)10-3-2-6-19-10/h2-7H,1H3,(H2,15,17). The number of nitrogens with two attached hydrogens (primary N) is 1. The van der Waals surface area contributed by atoms with Crippen LogP contribution in [0.4, 0.5) is 5.13 Å². The summed E-state index contributed by atoms with van der Waals surface area (Å²) in [7, 11) is 0. The van der Waals surface area contributed by atoms with Crippen LogP contribution >= 0.6 is 11.3 Å². The molecule has 0 saturated heterocycles. The number of hydrogen-bond donors (Lipinski definition) is 1. The molecule has 3 rings (SSSR count). The SMILES string of the molecule is Cc1cc(C(=O)c2sc(N)nc2-c2ccco2)ccn1.